The Balaban J connectivity index is 3.16. The van der Waals surface area contributed by atoms with Gasteiger partial charge in [0.1, 0.15) is 4.21 Å². The van der Waals surface area contributed by atoms with Crippen LogP contribution in [0.25, 0.3) is 0 Å². The summed E-state index contributed by atoms with van der Waals surface area (Å²) in [6, 6.07) is 0.528. The molecule has 0 fully saturated rings. The van der Waals surface area contributed by atoms with Crippen molar-refractivity contribution in [2.45, 2.75) is 10.4 Å². The van der Waals surface area contributed by atoms with Crippen molar-refractivity contribution in [3.8, 4) is 0 Å². The molecule has 0 spiro atoms. The normalized spacial score (nSPS) is 13.2. The van der Waals surface area contributed by atoms with E-state index in [1.54, 1.807) is 0 Å². The molecule has 0 aromatic carbocycles. The maximum atomic E-state index is 11.9. The summed E-state index contributed by atoms with van der Waals surface area (Å²) in [4.78, 5) is 0. The van der Waals surface area contributed by atoms with Gasteiger partial charge in [0.2, 0.25) is 0 Å². The summed E-state index contributed by atoms with van der Waals surface area (Å²) < 4.78 is 60.0. The van der Waals surface area contributed by atoms with E-state index in [-0.39, 0.29) is 4.21 Å². The molecule has 0 radical (unpaired) electrons. The van der Waals surface area contributed by atoms with Crippen LogP contribution in [0.15, 0.2) is 10.3 Å². The van der Waals surface area contributed by atoms with Crippen LogP contribution >= 0.6 is 11.5 Å². The fraction of sp³-hybridized carbons (Fsp3) is 0.400. The van der Waals surface area contributed by atoms with Gasteiger partial charge in [-0.3, -0.25) is 0 Å². The summed E-state index contributed by atoms with van der Waals surface area (Å²) >= 11 is 0.325. The van der Waals surface area contributed by atoms with Crippen LogP contribution in [0.5, 0.6) is 0 Å². The van der Waals surface area contributed by atoms with Gasteiger partial charge < -0.3 is 0 Å². The molecule has 0 saturated carbocycles. The van der Waals surface area contributed by atoms with E-state index in [1.807, 2.05) is 0 Å². The molecule has 3 nitrogen and oxygen atoms in total. The van der Waals surface area contributed by atoms with E-state index in [9.17, 15) is 21.6 Å². The topological polar surface area (TPSA) is 47.0 Å². The predicted octanol–water partition coefficient (Wildman–Crippen LogP) is 1.57. The Morgan fingerprint density at radius 1 is 1.46 bits per heavy atom. The quantitative estimate of drug-likeness (QED) is 0.737. The Morgan fingerprint density at radius 3 is 2.23 bits per heavy atom. The smallest absolute Gasteiger partial charge is 0.223 e. The Hall–Kier alpha value is -0.630. The predicted molar refractivity (Wildman–Crippen MR) is 40.2 cm³/mol. The third kappa shape index (κ3) is 2.41. The van der Waals surface area contributed by atoms with Crippen molar-refractivity contribution in [2.24, 2.45) is 0 Å². The number of sulfone groups is 1. The molecule has 0 aliphatic heterocycles. The zero-order valence-corrected chi connectivity index (χ0v) is 7.92. The maximum Gasteiger partial charge on any atom is 0.434 e. The lowest BCUT2D eigenvalue weighted by molar-refractivity contribution is -0.140. The number of halogens is 3. The molecule has 0 aliphatic rings. The van der Waals surface area contributed by atoms with Crippen LogP contribution in [0.3, 0.4) is 0 Å². The molecule has 1 heterocycles. The Morgan fingerprint density at radius 2 is 2.00 bits per heavy atom. The first kappa shape index (κ1) is 10.5. The molecule has 1 rings (SSSR count). The summed E-state index contributed by atoms with van der Waals surface area (Å²) in [7, 11) is -3.59. The summed E-state index contributed by atoms with van der Waals surface area (Å²) in [5, 5.41) is 0. The first-order valence-electron chi connectivity index (χ1n) is 2.95. The van der Waals surface area contributed by atoms with Gasteiger partial charge in [0.15, 0.2) is 15.5 Å². The second kappa shape index (κ2) is 2.95. The largest absolute Gasteiger partial charge is 0.434 e. The van der Waals surface area contributed by atoms with Crippen LogP contribution in [0.2, 0.25) is 0 Å². The number of hydrogen-bond donors (Lipinski definition) is 0. The van der Waals surface area contributed by atoms with Crippen LogP contribution in [0.1, 0.15) is 5.69 Å². The van der Waals surface area contributed by atoms with E-state index in [0.717, 1.165) is 6.26 Å². The second-order valence-electron chi connectivity index (χ2n) is 2.30. The zero-order valence-electron chi connectivity index (χ0n) is 6.29. The highest BCUT2D eigenvalue weighted by molar-refractivity contribution is 7.92. The minimum Gasteiger partial charge on any atom is -0.223 e. The summed E-state index contributed by atoms with van der Waals surface area (Å²) in [5.74, 6) is 0. The molecule has 1 aromatic heterocycles. The van der Waals surface area contributed by atoms with Gasteiger partial charge in [0.05, 0.1) is 0 Å². The highest BCUT2D eigenvalue weighted by Crippen LogP contribution is 2.31. The van der Waals surface area contributed by atoms with E-state index in [2.05, 4.69) is 4.37 Å². The van der Waals surface area contributed by atoms with E-state index < -0.39 is 21.7 Å². The Labute approximate surface area is 76.3 Å². The molecular formula is C5H4F3NO2S2. The van der Waals surface area contributed by atoms with Crippen molar-refractivity contribution in [3.63, 3.8) is 0 Å². The van der Waals surface area contributed by atoms with Gasteiger partial charge >= 0.3 is 6.18 Å². The van der Waals surface area contributed by atoms with Crippen LogP contribution in [-0.2, 0) is 16.0 Å². The first-order chi connectivity index (χ1) is 5.71. The van der Waals surface area contributed by atoms with Crippen molar-refractivity contribution in [3.05, 3.63) is 11.8 Å². The highest BCUT2D eigenvalue weighted by Gasteiger charge is 2.34. The molecule has 0 bridgehead atoms. The number of nitrogens with zero attached hydrogens (tertiary/aromatic N) is 1. The molecule has 0 unspecified atom stereocenters. The number of aromatic nitrogens is 1. The third-order valence-corrected chi connectivity index (χ3v) is 3.71. The van der Waals surface area contributed by atoms with E-state index in [0.29, 0.717) is 17.6 Å². The molecule has 0 atom stereocenters. The number of hydrogen-bond acceptors (Lipinski definition) is 4. The summed E-state index contributed by atoms with van der Waals surface area (Å²) in [5.41, 5.74) is -1.17. The Bertz CT molecular complexity index is 406. The third-order valence-electron chi connectivity index (χ3n) is 1.14. The van der Waals surface area contributed by atoms with Gasteiger partial charge in [-0.1, -0.05) is 0 Å². The van der Waals surface area contributed by atoms with Gasteiger partial charge in [-0.15, -0.1) is 0 Å². The molecule has 74 valence electrons. The van der Waals surface area contributed by atoms with Crippen LogP contribution in [0, 0.1) is 0 Å². The van der Waals surface area contributed by atoms with Crippen LogP contribution in [0.4, 0.5) is 13.2 Å². The fourth-order valence-electron chi connectivity index (χ4n) is 0.567. The first-order valence-corrected chi connectivity index (χ1v) is 5.62. The van der Waals surface area contributed by atoms with Crippen molar-refractivity contribution in [1.29, 1.82) is 0 Å². The van der Waals surface area contributed by atoms with Crippen LogP contribution < -0.4 is 0 Å². The monoisotopic (exact) mass is 231 g/mol. The second-order valence-corrected chi connectivity index (χ2v) is 5.35. The van der Waals surface area contributed by atoms with Crippen molar-refractivity contribution < 1.29 is 21.6 Å². The summed E-state index contributed by atoms with van der Waals surface area (Å²) in [6.07, 6.45) is -3.75. The lowest BCUT2D eigenvalue weighted by Crippen LogP contribution is -2.04. The lowest BCUT2D eigenvalue weighted by atomic mass is 10.4. The molecule has 13 heavy (non-hydrogen) atoms. The van der Waals surface area contributed by atoms with Crippen molar-refractivity contribution in [2.75, 3.05) is 6.26 Å². The SMILES string of the molecule is CS(=O)(=O)c1cc(C(F)(F)F)ns1. The fourth-order valence-corrected chi connectivity index (χ4v) is 2.05. The standard InChI is InChI=1S/C5H4F3NO2S2/c1-13(10,11)4-2-3(9-12-4)5(6,7)8/h2H,1H3. The van der Waals surface area contributed by atoms with Gasteiger partial charge in [0, 0.05) is 12.3 Å². The van der Waals surface area contributed by atoms with E-state index >= 15 is 0 Å². The number of rotatable bonds is 1. The average Bonchev–Trinajstić information content (AvgIpc) is 2.28. The zero-order chi connectivity index (χ0) is 10.3. The van der Waals surface area contributed by atoms with Crippen LogP contribution in [-0.4, -0.2) is 19.0 Å². The molecule has 0 aliphatic carbocycles. The Kier molecular flexibility index (Phi) is 2.37. The molecule has 0 N–H and O–H groups in total. The molecular weight excluding hydrogens is 227 g/mol. The molecule has 1 aromatic rings. The number of alkyl halides is 3. The van der Waals surface area contributed by atoms with Crippen molar-refractivity contribution in [1.82, 2.24) is 4.37 Å². The van der Waals surface area contributed by atoms with Gasteiger partial charge in [-0.2, -0.15) is 17.5 Å². The van der Waals surface area contributed by atoms with E-state index in [4.69, 9.17) is 0 Å². The van der Waals surface area contributed by atoms with Gasteiger partial charge in [-0.25, -0.2) is 8.42 Å². The highest BCUT2D eigenvalue weighted by atomic mass is 32.2. The average molecular weight is 231 g/mol. The maximum absolute atomic E-state index is 11.9. The summed E-state index contributed by atoms with van der Waals surface area (Å²) in [6.45, 7) is 0. The molecule has 0 saturated heterocycles. The van der Waals surface area contributed by atoms with E-state index in [1.165, 1.54) is 0 Å². The van der Waals surface area contributed by atoms with Crippen molar-refractivity contribution >= 4 is 21.4 Å². The minimum atomic E-state index is -4.58. The molecule has 0 amide bonds. The lowest BCUT2D eigenvalue weighted by Gasteiger charge is -1.98. The molecule has 8 heteroatoms. The van der Waals surface area contributed by atoms with Gasteiger partial charge in [-0.05, 0) is 11.5 Å². The minimum absolute atomic E-state index is 0.325. The van der Waals surface area contributed by atoms with Gasteiger partial charge in [0.25, 0.3) is 0 Å².